The molecule has 0 aliphatic rings. The molecule has 0 radical (unpaired) electrons. The first-order valence-corrected chi connectivity index (χ1v) is 10.9. The van der Waals surface area contributed by atoms with Gasteiger partial charge in [-0.1, -0.05) is 6.07 Å². The fraction of sp³-hybridized carbons (Fsp3) is 0.250. The number of sulfonamides is 1. The third-order valence-corrected chi connectivity index (χ3v) is 7.21. The lowest BCUT2D eigenvalue weighted by Gasteiger charge is -2.14. The molecular weight excluding hydrogens is 394 g/mol. The molecule has 0 spiro atoms. The number of aryl methyl sites for hydroxylation is 1. The molecule has 3 rings (SSSR count). The van der Waals surface area contributed by atoms with Gasteiger partial charge in [0.2, 0.25) is 10.0 Å². The quantitative estimate of drug-likeness (QED) is 0.638. The van der Waals surface area contributed by atoms with E-state index in [9.17, 15) is 8.42 Å². The summed E-state index contributed by atoms with van der Waals surface area (Å²) in [6.45, 7) is 1.97. The summed E-state index contributed by atoms with van der Waals surface area (Å²) >= 11 is 1.51. The third kappa shape index (κ3) is 3.89. The van der Waals surface area contributed by atoms with Gasteiger partial charge in [-0.15, -0.1) is 11.3 Å². The lowest BCUT2D eigenvalue weighted by molar-refractivity contribution is 0.415. The maximum Gasteiger partial charge on any atom is 0.242 e. The van der Waals surface area contributed by atoms with E-state index in [4.69, 9.17) is 9.73 Å². The molecule has 6 nitrogen and oxygen atoms in total. The van der Waals surface area contributed by atoms with Crippen LogP contribution in [0.2, 0.25) is 0 Å². The Labute approximate surface area is 169 Å². The van der Waals surface area contributed by atoms with Crippen molar-refractivity contribution in [3.8, 4) is 17.0 Å². The van der Waals surface area contributed by atoms with Crippen LogP contribution in [-0.4, -0.2) is 38.5 Å². The zero-order valence-electron chi connectivity index (χ0n) is 16.5. The van der Waals surface area contributed by atoms with Gasteiger partial charge >= 0.3 is 0 Å². The fourth-order valence-corrected chi connectivity index (χ4v) is 4.58. The molecule has 1 heterocycles. The Balaban J connectivity index is 2.07. The molecule has 0 N–H and O–H groups in total. The Morgan fingerprint density at radius 1 is 1.11 bits per heavy atom. The van der Waals surface area contributed by atoms with Crippen molar-refractivity contribution in [2.24, 2.45) is 12.0 Å². The Kier molecular flexibility index (Phi) is 5.74. The van der Waals surface area contributed by atoms with Gasteiger partial charge in [0, 0.05) is 32.1 Å². The number of benzene rings is 2. The van der Waals surface area contributed by atoms with Gasteiger partial charge in [0.1, 0.15) is 5.75 Å². The highest BCUT2D eigenvalue weighted by Gasteiger charge is 2.19. The maximum absolute atomic E-state index is 12.5. The van der Waals surface area contributed by atoms with Gasteiger partial charge in [0.15, 0.2) is 4.80 Å². The molecule has 0 amide bonds. The van der Waals surface area contributed by atoms with Crippen molar-refractivity contribution in [2.45, 2.75) is 11.8 Å². The van der Waals surface area contributed by atoms with Crippen molar-refractivity contribution in [1.29, 1.82) is 0 Å². The maximum atomic E-state index is 12.5. The van der Waals surface area contributed by atoms with E-state index in [0.717, 1.165) is 33.1 Å². The molecule has 0 aliphatic carbocycles. The SMILES string of the molecule is COc1ccc(/N=c2/scc(-c3cc(S(=O)(=O)N(C)C)ccc3C)n2C)cc1. The van der Waals surface area contributed by atoms with E-state index in [-0.39, 0.29) is 4.90 Å². The van der Waals surface area contributed by atoms with Crippen LogP contribution in [0.25, 0.3) is 11.3 Å². The topological polar surface area (TPSA) is 63.9 Å². The van der Waals surface area contributed by atoms with E-state index in [1.807, 2.05) is 54.3 Å². The molecule has 0 aliphatic heterocycles. The number of methoxy groups -OCH3 is 1. The highest BCUT2D eigenvalue weighted by Crippen LogP contribution is 2.27. The van der Waals surface area contributed by atoms with Crippen LogP contribution in [0.4, 0.5) is 5.69 Å². The summed E-state index contributed by atoms with van der Waals surface area (Å²) in [5, 5.41) is 2.00. The molecule has 8 heteroatoms. The van der Waals surface area contributed by atoms with Gasteiger partial charge in [-0.05, 0) is 48.9 Å². The standard InChI is InChI=1S/C20H23N3O3S2/c1-14-6-11-17(28(24,25)22(2)3)12-18(14)19-13-27-20(23(19)4)21-15-7-9-16(26-5)10-8-15/h6-13H,1-5H3/b21-20+. The third-order valence-electron chi connectivity index (χ3n) is 4.48. The number of hydrogen-bond donors (Lipinski definition) is 0. The molecule has 148 valence electrons. The molecule has 2 aromatic carbocycles. The number of nitrogens with zero attached hydrogens (tertiary/aromatic N) is 3. The monoisotopic (exact) mass is 417 g/mol. The van der Waals surface area contributed by atoms with E-state index in [1.54, 1.807) is 19.2 Å². The second-order valence-electron chi connectivity index (χ2n) is 6.54. The van der Waals surface area contributed by atoms with Crippen LogP contribution in [0.1, 0.15) is 5.56 Å². The summed E-state index contributed by atoms with van der Waals surface area (Å²) < 4.78 is 33.4. The second kappa shape index (κ2) is 7.90. The van der Waals surface area contributed by atoms with Gasteiger partial charge in [0.25, 0.3) is 0 Å². The van der Waals surface area contributed by atoms with Gasteiger partial charge in [-0.2, -0.15) is 0 Å². The van der Waals surface area contributed by atoms with Crippen molar-refractivity contribution < 1.29 is 13.2 Å². The van der Waals surface area contributed by atoms with Crippen molar-refractivity contribution >= 4 is 27.0 Å². The first kappa shape index (κ1) is 20.3. The first-order chi connectivity index (χ1) is 13.2. The molecule has 0 saturated heterocycles. The zero-order chi connectivity index (χ0) is 20.5. The Hall–Kier alpha value is -2.42. The zero-order valence-corrected chi connectivity index (χ0v) is 18.1. The number of ether oxygens (including phenoxy) is 1. The minimum absolute atomic E-state index is 0.276. The van der Waals surface area contributed by atoms with E-state index in [2.05, 4.69) is 0 Å². The lowest BCUT2D eigenvalue weighted by Crippen LogP contribution is -2.22. The molecule has 28 heavy (non-hydrogen) atoms. The molecule has 0 saturated carbocycles. The summed E-state index contributed by atoms with van der Waals surface area (Å²) in [4.78, 5) is 5.79. The average molecular weight is 418 g/mol. The molecular formula is C20H23N3O3S2. The normalized spacial score (nSPS) is 12.6. The molecule has 0 unspecified atom stereocenters. The fourth-order valence-electron chi connectivity index (χ4n) is 2.73. The highest BCUT2D eigenvalue weighted by molar-refractivity contribution is 7.89. The highest BCUT2D eigenvalue weighted by atomic mass is 32.2. The largest absolute Gasteiger partial charge is 0.497 e. The molecule has 1 aromatic heterocycles. The second-order valence-corrected chi connectivity index (χ2v) is 9.52. The first-order valence-electron chi connectivity index (χ1n) is 8.61. The lowest BCUT2D eigenvalue weighted by atomic mass is 10.1. The van der Waals surface area contributed by atoms with Crippen LogP contribution in [0.15, 0.2) is 57.7 Å². The van der Waals surface area contributed by atoms with Gasteiger partial charge in [-0.3, -0.25) is 0 Å². The molecule has 0 bridgehead atoms. The smallest absolute Gasteiger partial charge is 0.242 e. The average Bonchev–Trinajstić information content (AvgIpc) is 3.02. The number of hydrogen-bond acceptors (Lipinski definition) is 5. The molecule has 3 aromatic rings. The van der Waals surface area contributed by atoms with Crippen LogP contribution in [0.5, 0.6) is 5.75 Å². The van der Waals surface area contributed by atoms with Crippen LogP contribution in [0, 0.1) is 6.92 Å². The minimum atomic E-state index is -3.49. The van der Waals surface area contributed by atoms with Crippen LogP contribution >= 0.6 is 11.3 Å². The summed E-state index contributed by atoms with van der Waals surface area (Å²) in [5.74, 6) is 0.782. The number of aromatic nitrogens is 1. The van der Waals surface area contributed by atoms with E-state index < -0.39 is 10.0 Å². The minimum Gasteiger partial charge on any atom is -0.497 e. The Morgan fingerprint density at radius 3 is 2.39 bits per heavy atom. The summed E-state index contributed by atoms with van der Waals surface area (Å²) in [6.07, 6.45) is 0. The van der Waals surface area contributed by atoms with Crippen molar-refractivity contribution in [2.75, 3.05) is 21.2 Å². The summed E-state index contributed by atoms with van der Waals surface area (Å²) in [7, 11) is 3.13. The Bertz CT molecular complexity index is 1160. The van der Waals surface area contributed by atoms with Gasteiger partial charge in [0.05, 0.1) is 23.4 Å². The van der Waals surface area contributed by atoms with Gasteiger partial charge in [-0.25, -0.2) is 17.7 Å². The van der Waals surface area contributed by atoms with Crippen molar-refractivity contribution in [3.63, 3.8) is 0 Å². The van der Waals surface area contributed by atoms with Crippen LogP contribution < -0.4 is 9.54 Å². The van der Waals surface area contributed by atoms with E-state index in [1.165, 1.54) is 29.7 Å². The predicted octanol–water partition coefficient (Wildman–Crippen LogP) is 3.55. The van der Waals surface area contributed by atoms with E-state index in [0.29, 0.717) is 0 Å². The molecule has 0 fully saturated rings. The van der Waals surface area contributed by atoms with E-state index >= 15 is 0 Å². The van der Waals surface area contributed by atoms with Crippen LogP contribution in [-0.2, 0) is 17.1 Å². The van der Waals surface area contributed by atoms with Crippen molar-refractivity contribution in [3.05, 3.63) is 58.2 Å². The Morgan fingerprint density at radius 2 is 1.79 bits per heavy atom. The summed E-state index contributed by atoms with van der Waals surface area (Å²) in [5.41, 5.74) is 3.62. The predicted molar refractivity (Wildman–Crippen MR) is 113 cm³/mol. The van der Waals surface area contributed by atoms with Crippen molar-refractivity contribution in [1.82, 2.24) is 8.87 Å². The number of rotatable bonds is 5. The number of thiazole rings is 1. The van der Waals surface area contributed by atoms with Crippen LogP contribution in [0.3, 0.4) is 0 Å². The molecule has 0 atom stereocenters. The summed E-state index contributed by atoms with van der Waals surface area (Å²) in [6, 6.07) is 12.7. The van der Waals surface area contributed by atoms with Gasteiger partial charge < -0.3 is 9.30 Å².